The molecule has 0 atom stereocenters. The van der Waals surface area contributed by atoms with Crippen molar-refractivity contribution in [3.05, 3.63) is 76.8 Å². The molecule has 0 spiro atoms. The Balaban J connectivity index is 1.60. The van der Waals surface area contributed by atoms with E-state index >= 15 is 0 Å². The van der Waals surface area contributed by atoms with E-state index in [0.29, 0.717) is 0 Å². The fraction of sp³-hybridized carbons (Fsp3) is 0.0500. The van der Waals surface area contributed by atoms with E-state index in [1.165, 1.54) is 27.1 Å². The number of rotatable bonds is 1. The van der Waals surface area contributed by atoms with Crippen LogP contribution in [0.3, 0.4) is 0 Å². The summed E-state index contributed by atoms with van der Waals surface area (Å²) < 4.78 is 3.37. The second kappa shape index (κ2) is 5.50. The van der Waals surface area contributed by atoms with E-state index in [0.717, 1.165) is 21.7 Å². The van der Waals surface area contributed by atoms with Gasteiger partial charge in [0.25, 0.3) is 0 Å². The maximum atomic E-state index is 4.81. The Bertz CT molecular complexity index is 1070. The minimum atomic E-state index is 0.880. The van der Waals surface area contributed by atoms with Crippen LogP contribution < -0.4 is 0 Å². The van der Waals surface area contributed by atoms with Crippen molar-refractivity contribution in [2.24, 2.45) is 0 Å². The highest BCUT2D eigenvalue weighted by molar-refractivity contribution is 9.10. The van der Waals surface area contributed by atoms with E-state index in [4.69, 9.17) is 4.98 Å². The highest BCUT2D eigenvalue weighted by Crippen LogP contribution is 2.40. The van der Waals surface area contributed by atoms with Gasteiger partial charge >= 0.3 is 0 Å². The normalized spacial score (nSPS) is 12.9. The van der Waals surface area contributed by atoms with Gasteiger partial charge in [-0.05, 0) is 41.0 Å². The molecule has 116 valence electrons. The molecule has 3 aromatic carbocycles. The largest absolute Gasteiger partial charge is 0.314 e. The lowest BCUT2D eigenvalue weighted by Crippen LogP contribution is -2.07. The number of fused-ring (bicyclic) bond motifs is 4. The van der Waals surface area contributed by atoms with Crippen LogP contribution in [0.4, 0.5) is 0 Å². The SMILES string of the molecule is Brc1ccc2c(c1)nc1n2Cc2ccc(-c3ccccc3)cc2S1. The van der Waals surface area contributed by atoms with Crippen molar-refractivity contribution in [1.29, 1.82) is 0 Å². The van der Waals surface area contributed by atoms with Gasteiger partial charge < -0.3 is 4.57 Å². The number of benzene rings is 3. The fourth-order valence-electron chi connectivity index (χ4n) is 3.17. The molecule has 4 aromatic rings. The molecule has 0 bridgehead atoms. The van der Waals surface area contributed by atoms with E-state index < -0.39 is 0 Å². The Hall–Kier alpha value is -2.04. The van der Waals surface area contributed by atoms with Crippen molar-refractivity contribution in [3.63, 3.8) is 0 Å². The quantitative estimate of drug-likeness (QED) is 0.349. The van der Waals surface area contributed by atoms with Crippen LogP contribution in [0.15, 0.2) is 81.3 Å². The second-order valence-electron chi connectivity index (χ2n) is 5.90. The molecule has 1 aliphatic heterocycles. The van der Waals surface area contributed by atoms with Gasteiger partial charge in [-0.3, -0.25) is 0 Å². The van der Waals surface area contributed by atoms with Crippen molar-refractivity contribution in [3.8, 4) is 11.1 Å². The summed E-state index contributed by atoms with van der Waals surface area (Å²) in [6, 6.07) is 23.6. The summed E-state index contributed by atoms with van der Waals surface area (Å²) in [6.07, 6.45) is 0. The highest BCUT2D eigenvalue weighted by atomic mass is 79.9. The summed E-state index contributed by atoms with van der Waals surface area (Å²) in [6.45, 7) is 0.880. The van der Waals surface area contributed by atoms with Gasteiger partial charge in [0.05, 0.1) is 17.6 Å². The molecule has 24 heavy (non-hydrogen) atoms. The maximum Gasteiger partial charge on any atom is 0.174 e. The van der Waals surface area contributed by atoms with Crippen LogP contribution in [-0.4, -0.2) is 9.55 Å². The smallest absolute Gasteiger partial charge is 0.174 e. The van der Waals surface area contributed by atoms with E-state index in [9.17, 15) is 0 Å². The van der Waals surface area contributed by atoms with Crippen LogP contribution in [-0.2, 0) is 6.54 Å². The first-order chi connectivity index (χ1) is 11.8. The van der Waals surface area contributed by atoms with E-state index in [1.54, 1.807) is 11.8 Å². The summed E-state index contributed by atoms with van der Waals surface area (Å²) >= 11 is 5.29. The van der Waals surface area contributed by atoms with Crippen molar-refractivity contribution >= 4 is 38.7 Å². The average molecular weight is 393 g/mol. The average Bonchev–Trinajstić information content (AvgIpc) is 2.96. The molecular formula is C20H13BrN2S. The summed E-state index contributed by atoms with van der Waals surface area (Å²) in [5, 5.41) is 1.07. The van der Waals surface area contributed by atoms with Gasteiger partial charge in [-0.2, -0.15) is 0 Å². The van der Waals surface area contributed by atoms with Crippen molar-refractivity contribution in [1.82, 2.24) is 9.55 Å². The zero-order chi connectivity index (χ0) is 16.1. The molecular weight excluding hydrogens is 380 g/mol. The van der Waals surface area contributed by atoms with Crippen molar-refractivity contribution in [2.75, 3.05) is 0 Å². The Labute approximate surface area is 152 Å². The third kappa shape index (κ3) is 2.29. The topological polar surface area (TPSA) is 17.8 Å². The lowest BCUT2D eigenvalue weighted by atomic mass is 10.0. The molecule has 0 saturated carbocycles. The van der Waals surface area contributed by atoms with E-state index in [1.807, 2.05) is 0 Å². The van der Waals surface area contributed by atoms with Gasteiger partial charge in [0, 0.05) is 9.37 Å². The molecule has 0 unspecified atom stereocenters. The molecule has 2 nitrogen and oxygen atoms in total. The Morgan fingerprint density at radius 1 is 0.917 bits per heavy atom. The standard InChI is InChI=1S/C20H13BrN2S/c21-16-8-9-18-17(11-16)22-20-23(18)12-15-7-6-14(10-19(15)24-20)13-4-2-1-3-5-13/h1-11H,12H2. The van der Waals surface area contributed by atoms with Crippen LogP contribution >= 0.6 is 27.7 Å². The number of nitrogens with zero attached hydrogens (tertiary/aromatic N) is 2. The molecule has 0 fully saturated rings. The first-order valence-corrected chi connectivity index (χ1v) is 9.41. The molecule has 0 saturated heterocycles. The molecule has 1 aliphatic rings. The predicted molar refractivity (Wildman–Crippen MR) is 103 cm³/mol. The zero-order valence-electron chi connectivity index (χ0n) is 12.7. The molecule has 1 aromatic heterocycles. The first-order valence-electron chi connectivity index (χ1n) is 7.80. The lowest BCUT2D eigenvalue weighted by Gasteiger charge is -2.19. The number of hydrogen-bond acceptors (Lipinski definition) is 2. The van der Waals surface area contributed by atoms with Gasteiger partial charge in [0.15, 0.2) is 5.16 Å². The van der Waals surface area contributed by atoms with Crippen molar-refractivity contribution < 1.29 is 0 Å². The second-order valence-corrected chi connectivity index (χ2v) is 7.83. The van der Waals surface area contributed by atoms with Crippen LogP contribution in [0.25, 0.3) is 22.2 Å². The minimum Gasteiger partial charge on any atom is -0.314 e. The predicted octanol–water partition coefficient (Wildman–Crippen LogP) is 5.98. The number of imidazole rings is 1. The zero-order valence-corrected chi connectivity index (χ0v) is 15.1. The first kappa shape index (κ1) is 14.3. The molecule has 4 heteroatoms. The van der Waals surface area contributed by atoms with Crippen LogP contribution in [0.5, 0.6) is 0 Å². The highest BCUT2D eigenvalue weighted by Gasteiger charge is 2.20. The van der Waals surface area contributed by atoms with Crippen LogP contribution in [0.2, 0.25) is 0 Å². The maximum absolute atomic E-state index is 4.81. The summed E-state index contributed by atoms with van der Waals surface area (Å²) in [5.41, 5.74) is 6.11. The van der Waals surface area contributed by atoms with Gasteiger partial charge in [-0.15, -0.1) is 0 Å². The summed E-state index contributed by atoms with van der Waals surface area (Å²) in [4.78, 5) is 6.12. The number of aromatic nitrogens is 2. The van der Waals surface area contributed by atoms with Gasteiger partial charge in [0.2, 0.25) is 0 Å². The molecule has 0 amide bonds. The third-order valence-corrected chi connectivity index (χ3v) is 5.97. The molecule has 0 radical (unpaired) electrons. The van der Waals surface area contributed by atoms with Crippen molar-refractivity contribution in [2.45, 2.75) is 16.6 Å². The van der Waals surface area contributed by atoms with Gasteiger partial charge in [0.1, 0.15) is 0 Å². The lowest BCUT2D eigenvalue weighted by molar-refractivity contribution is 0.707. The number of halogens is 1. The molecule has 0 N–H and O–H groups in total. The molecule has 2 heterocycles. The Morgan fingerprint density at radius 3 is 2.67 bits per heavy atom. The van der Waals surface area contributed by atoms with E-state index in [-0.39, 0.29) is 0 Å². The van der Waals surface area contributed by atoms with E-state index in [2.05, 4.69) is 87.2 Å². The Morgan fingerprint density at radius 2 is 1.79 bits per heavy atom. The summed E-state index contributed by atoms with van der Waals surface area (Å²) in [7, 11) is 0. The van der Waals surface area contributed by atoms with Gasteiger partial charge in [-0.25, -0.2) is 4.98 Å². The van der Waals surface area contributed by atoms with Crippen LogP contribution in [0, 0.1) is 0 Å². The van der Waals surface area contributed by atoms with Crippen LogP contribution in [0.1, 0.15) is 5.56 Å². The number of hydrogen-bond donors (Lipinski definition) is 0. The Kier molecular flexibility index (Phi) is 3.28. The monoisotopic (exact) mass is 392 g/mol. The molecule has 0 aliphatic carbocycles. The minimum absolute atomic E-state index is 0.880. The third-order valence-electron chi connectivity index (χ3n) is 4.38. The van der Waals surface area contributed by atoms with Gasteiger partial charge in [-0.1, -0.05) is 70.2 Å². The molecule has 5 rings (SSSR count). The fourth-order valence-corrected chi connectivity index (χ4v) is 4.58. The summed E-state index contributed by atoms with van der Waals surface area (Å²) in [5.74, 6) is 0.